The fourth-order valence-corrected chi connectivity index (χ4v) is 4.15. The molecule has 0 bridgehead atoms. The standard InChI is InChI=1S/C25H28N4O/c30-25(23-11-5-7-16-27-23)28-24(22-10-4-6-15-26-22)21-13-18-29(19-14-21)17-12-20-8-2-1-3-9-20/h1-11,15-16,21,24H,12-14,17-19H2,(H,28,30)/t24-/m1/s1. The molecular formula is C25H28N4O. The highest BCUT2D eigenvalue weighted by molar-refractivity contribution is 5.92. The number of piperidine rings is 1. The maximum Gasteiger partial charge on any atom is 0.270 e. The number of hydrogen-bond acceptors (Lipinski definition) is 4. The summed E-state index contributed by atoms with van der Waals surface area (Å²) in [5.41, 5.74) is 2.75. The Morgan fingerprint density at radius 2 is 1.63 bits per heavy atom. The number of nitrogens with one attached hydrogen (secondary N) is 1. The maximum atomic E-state index is 12.8. The summed E-state index contributed by atoms with van der Waals surface area (Å²) in [5.74, 6) is 0.221. The van der Waals surface area contributed by atoms with Crippen LogP contribution in [0.3, 0.4) is 0 Å². The van der Waals surface area contributed by atoms with E-state index in [9.17, 15) is 4.79 Å². The third kappa shape index (κ3) is 5.30. The van der Waals surface area contributed by atoms with Gasteiger partial charge in [-0.15, -0.1) is 0 Å². The molecule has 0 unspecified atom stereocenters. The van der Waals surface area contributed by atoms with Gasteiger partial charge in [0.1, 0.15) is 5.69 Å². The Morgan fingerprint density at radius 3 is 2.30 bits per heavy atom. The number of benzene rings is 1. The predicted octanol–water partition coefficient (Wildman–Crippen LogP) is 3.90. The van der Waals surface area contributed by atoms with Crippen molar-refractivity contribution in [2.24, 2.45) is 5.92 Å². The molecular weight excluding hydrogens is 372 g/mol. The van der Waals surface area contributed by atoms with Gasteiger partial charge < -0.3 is 10.2 Å². The predicted molar refractivity (Wildman–Crippen MR) is 118 cm³/mol. The summed E-state index contributed by atoms with van der Waals surface area (Å²) >= 11 is 0. The van der Waals surface area contributed by atoms with E-state index in [1.165, 1.54) is 5.56 Å². The number of aromatic nitrogens is 2. The van der Waals surface area contributed by atoms with E-state index in [4.69, 9.17) is 0 Å². The van der Waals surface area contributed by atoms with Gasteiger partial charge in [0.15, 0.2) is 0 Å². The van der Waals surface area contributed by atoms with Crippen LogP contribution in [-0.2, 0) is 6.42 Å². The number of hydrogen-bond donors (Lipinski definition) is 1. The lowest BCUT2D eigenvalue weighted by Crippen LogP contribution is -2.41. The van der Waals surface area contributed by atoms with E-state index in [0.29, 0.717) is 11.6 Å². The first-order chi connectivity index (χ1) is 14.8. The number of carbonyl (C=O) groups excluding carboxylic acids is 1. The van der Waals surface area contributed by atoms with Crippen molar-refractivity contribution in [1.29, 1.82) is 0 Å². The molecule has 4 rings (SSSR count). The van der Waals surface area contributed by atoms with E-state index in [1.807, 2.05) is 30.3 Å². The largest absolute Gasteiger partial charge is 0.342 e. The second-order valence-corrected chi connectivity index (χ2v) is 7.84. The minimum Gasteiger partial charge on any atom is -0.342 e. The molecule has 0 aliphatic carbocycles. The van der Waals surface area contributed by atoms with Crippen LogP contribution in [0.25, 0.3) is 0 Å². The van der Waals surface area contributed by atoms with Crippen LogP contribution in [0.5, 0.6) is 0 Å². The molecule has 2 aromatic heterocycles. The third-order valence-corrected chi connectivity index (χ3v) is 5.85. The minimum absolute atomic E-state index is 0.100. The summed E-state index contributed by atoms with van der Waals surface area (Å²) in [6.07, 6.45) is 6.60. The first-order valence-electron chi connectivity index (χ1n) is 10.7. The Balaban J connectivity index is 1.39. The Kier molecular flexibility index (Phi) is 6.83. The maximum absolute atomic E-state index is 12.8. The number of amides is 1. The minimum atomic E-state index is -0.141. The number of pyridine rings is 2. The molecule has 0 saturated carbocycles. The fourth-order valence-electron chi connectivity index (χ4n) is 4.15. The molecule has 1 saturated heterocycles. The van der Waals surface area contributed by atoms with Gasteiger partial charge in [0.25, 0.3) is 5.91 Å². The highest BCUT2D eigenvalue weighted by atomic mass is 16.1. The summed E-state index contributed by atoms with van der Waals surface area (Å²) in [6, 6.07) is 21.8. The Hall–Kier alpha value is -3.05. The van der Waals surface area contributed by atoms with Gasteiger partial charge in [-0.1, -0.05) is 42.5 Å². The highest BCUT2D eigenvalue weighted by Crippen LogP contribution is 2.30. The van der Waals surface area contributed by atoms with Crippen LogP contribution in [0.1, 0.15) is 40.6 Å². The molecule has 3 aromatic rings. The number of carbonyl (C=O) groups is 1. The molecule has 0 radical (unpaired) electrons. The van der Waals surface area contributed by atoms with Crippen LogP contribution in [0, 0.1) is 5.92 Å². The molecule has 30 heavy (non-hydrogen) atoms. The Morgan fingerprint density at radius 1 is 0.933 bits per heavy atom. The van der Waals surface area contributed by atoms with Crippen molar-refractivity contribution in [1.82, 2.24) is 20.2 Å². The zero-order chi connectivity index (χ0) is 20.6. The van der Waals surface area contributed by atoms with E-state index in [2.05, 4.69) is 50.5 Å². The first-order valence-corrected chi connectivity index (χ1v) is 10.7. The molecule has 1 aromatic carbocycles. The molecule has 3 heterocycles. The van der Waals surface area contributed by atoms with Crippen molar-refractivity contribution in [3.8, 4) is 0 Å². The molecule has 1 atom stereocenters. The van der Waals surface area contributed by atoms with Crippen LogP contribution < -0.4 is 5.32 Å². The normalized spacial score (nSPS) is 16.1. The molecule has 1 amide bonds. The third-order valence-electron chi connectivity index (χ3n) is 5.85. The summed E-state index contributed by atoms with van der Waals surface area (Å²) in [7, 11) is 0. The molecule has 5 nitrogen and oxygen atoms in total. The summed E-state index contributed by atoms with van der Waals surface area (Å²) < 4.78 is 0. The van der Waals surface area contributed by atoms with Gasteiger partial charge in [-0.05, 0) is 68.1 Å². The lowest BCUT2D eigenvalue weighted by molar-refractivity contribution is 0.0886. The SMILES string of the molecule is O=C(N[C@@H](c1ccccn1)C1CCN(CCc2ccccc2)CC1)c1ccccn1. The number of rotatable bonds is 7. The first kappa shape index (κ1) is 20.2. The lowest BCUT2D eigenvalue weighted by atomic mass is 9.87. The monoisotopic (exact) mass is 400 g/mol. The Labute approximate surface area is 178 Å². The zero-order valence-corrected chi connectivity index (χ0v) is 17.2. The van der Waals surface area contributed by atoms with Crippen LogP contribution in [0.2, 0.25) is 0 Å². The van der Waals surface area contributed by atoms with E-state index in [0.717, 1.165) is 44.6 Å². The molecule has 1 aliphatic rings. The summed E-state index contributed by atoms with van der Waals surface area (Å²) in [5, 5.41) is 3.21. The second kappa shape index (κ2) is 10.1. The van der Waals surface area contributed by atoms with Gasteiger partial charge in [0, 0.05) is 18.9 Å². The average molecular weight is 401 g/mol. The zero-order valence-electron chi connectivity index (χ0n) is 17.2. The van der Waals surface area contributed by atoms with Gasteiger partial charge >= 0.3 is 0 Å². The molecule has 1 aliphatic heterocycles. The fraction of sp³-hybridized carbons (Fsp3) is 0.320. The summed E-state index contributed by atoms with van der Waals surface area (Å²) in [6.45, 7) is 3.16. The van der Waals surface area contributed by atoms with Crippen molar-refractivity contribution in [3.05, 3.63) is 96.1 Å². The molecule has 154 valence electrons. The topological polar surface area (TPSA) is 58.1 Å². The van der Waals surface area contributed by atoms with E-state index in [-0.39, 0.29) is 11.9 Å². The van der Waals surface area contributed by atoms with Crippen molar-refractivity contribution in [3.63, 3.8) is 0 Å². The smallest absolute Gasteiger partial charge is 0.270 e. The molecule has 1 fully saturated rings. The van der Waals surface area contributed by atoms with Crippen LogP contribution >= 0.6 is 0 Å². The van der Waals surface area contributed by atoms with Crippen LogP contribution in [0.4, 0.5) is 0 Å². The average Bonchev–Trinajstić information content (AvgIpc) is 2.83. The van der Waals surface area contributed by atoms with Crippen LogP contribution in [0.15, 0.2) is 79.1 Å². The van der Waals surface area contributed by atoms with Crippen LogP contribution in [-0.4, -0.2) is 40.4 Å². The summed E-state index contributed by atoms with van der Waals surface area (Å²) in [4.78, 5) is 24.1. The van der Waals surface area contributed by atoms with Crippen molar-refractivity contribution in [2.75, 3.05) is 19.6 Å². The van der Waals surface area contributed by atoms with Gasteiger partial charge in [0.2, 0.25) is 0 Å². The Bertz CT molecular complexity index is 910. The van der Waals surface area contributed by atoms with E-state index < -0.39 is 0 Å². The van der Waals surface area contributed by atoms with Crippen molar-refractivity contribution in [2.45, 2.75) is 25.3 Å². The van der Waals surface area contributed by atoms with E-state index in [1.54, 1.807) is 18.5 Å². The van der Waals surface area contributed by atoms with Crippen molar-refractivity contribution >= 4 is 5.91 Å². The van der Waals surface area contributed by atoms with Gasteiger partial charge in [0.05, 0.1) is 11.7 Å². The van der Waals surface area contributed by atoms with Crippen molar-refractivity contribution < 1.29 is 4.79 Å². The van der Waals surface area contributed by atoms with Gasteiger partial charge in [-0.25, -0.2) is 0 Å². The van der Waals surface area contributed by atoms with Gasteiger partial charge in [-0.3, -0.25) is 14.8 Å². The molecule has 5 heteroatoms. The highest BCUT2D eigenvalue weighted by Gasteiger charge is 2.30. The number of likely N-dealkylation sites (tertiary alicyclic amines) is 1. The second-order valence-electron chi connectivity index (χ2n) is 7.84. The number of nitrogens with zero attached hydrogens (tertiary/aromatic N) is 3. The quantitative estimate of drug-likeness (QED) is 0.653. The molecule has 0 spiro atoms. The molecule has 1 N–H and O–H groups in total. The lowest BCUT2D eigenvalue weighted by Gasteiger charge is -2.36. The van der Waals surface area contributed by atoms with E-state index >= 15 is 0 Å². The van der Waals surface area contributed by atoms with Gasteiger partial charge in [-0.2, -0.15) is 0 Å².